The Balaban J connectivity index is 1.44. The zero-order valence-electron chi connectivity index (χ0n) is 18.4. The van der Waals surface area contributed by atoms with Gasteiger partial charge < -0.3 is 10.2 Å². The lowest BCUT2D eigenvalue weighted by Gasteiger charge is -2.37. The molecule has 0 aromatic heterocycles. The van der Waals surface area contributed by atoms with E-state index in [4.69, 9.17) is 0 Å². The van der Waals surface area contributed by atoms with Gasteiger partial charge in [0.2, 0.25) is 0 Å². The molecule has 0 aliphatic carbocycles. The molecule has 3 aliphatic rings. The Hall–Kier alpha value is -3.46. The number of hydrogen-bond acceptors (Lipinski definition) is 6. The molecule has 0 radical (unpaired) electrons. The van der Waals surface area contributed by atoms with Gasteiger partial charge in [-0.1, -0.05) is 36.0 Å². The van der Waals surface area contributed by atoms with Crippen molar-refractivity contribution in [2.45, 2.75) is 31.2 Å². The average molecular weight is 480 g/mol. The second kappa shape index (κ2) is 8.72. The van der Waals surface area contributed by atoms with Gasteiger partial charge in [-0.2, -0.15) is 0 Å². The normalized spacial score (nSPS) is 22.4. The predicted octanol–water partition coefficient (Wildman–Crippen LogP) is 3.03. The highest BCUT2D eigenvalue weighted by Gasteiger charge is 2.41. The van der Waals surface area contributed by atoms with E-state index >= 15 is 0 Å². The van der Waals surface area contributed by atoms with Crippen LogP contribution in [0.2, 0.25) is 0 Å². The van der Waals surface area contributed by atoms with Gasteiger partial charge in [0.05, 0.1) is 29.1 Å². The molecule has 2 atom stereocenters. The van der Waals surface area contributed by atoms with Crippen LogP contribution in [0.5, 0.6) is 0 Å². The third-order valence-corrected chi connectivity index (χ3v) is 7.41. The monoisotopic (exact) mass is 479 g/mol. The van der Waals surface area contributed by atoms with Crippen LogP contribution in [-0.2, 0) is 9.59 Å². The minimum absolute atomic E-state index is 0.0211. The summed E-state index contributed by atoms with van der Waals surface area (Å²) in [5.41, 5.74) is 1.74. The summed E-state index contributed by atoms with van der Waals surface area (Å²) in [7, 11) is 0. The molecular weight excluding hydrogens is 457 g/mol. The van der Waals surface area contributed by atoms with Gasteiger partial charge in [0.1, 0.15) is 11.5 Å². The number of nitrogens with one attached hydrogen (secondary N) is 1. The fraction of sp³-hybridized carbons (Fsp3) is 0.280. The van der Waals surface area contributed by atoms with Crippen molar-refractivity contribution in [3.8, 4) is 0 Å². The lowest BCUT2D eigenvalue weighted by Crippen LogP contribution is -2.54. The first-order chi connectivity index (χ1) is 16.3. The molecule has 2 unspecified atom stereocenters. The van der Waals surface area contributed by atoms with Crippen LogP contribution >= 0.6 is 11.8 Å². The Kier molecular flexibility index (Phi) is 5.73. The molecule has 1 saturated heterocycles. The molecule has 34 heavy (non-hydrogen) atoms. The number of carbonyl (C=O) groups excluding carboxylic acids is 4. The van der Waals surface area contributed by atoms with Crippen molar-refractivity contribution in [1.29, 1.82) is 0 Å². The molecule has 0 spiro atoms. The minimum atomic E-state index is -0.489. The van der Waals surface area contributed by atoms with E-state index in [0.29, 0.717) is 33.7 Å². The summed E-state index contributed by atoms with van der Waals surface area (Å²) < 4.78 is 13.4. The lowest BCUT2D eigenvalue weighted by molar-refractivity contribution is -0.138. The van der Waals surface area contributed by atoms with Crippen LogP contribution in [0.25, 0.3) is 4.91 Å². The van der Waals surface area contributed by atoms with Crippen molar-refractivity contribution >= 4 is 40.2 Å². The number of fused-ring (bicyclic) bond motifs is 1. The molecule has 9 heteroatoms. The summed E-state index contributed by atoms with van der Waals surface area (Å²) in [5.74, 6) is -1.59. The van der Waals surface area contributed by atoms with Gasteiger partial charge in [-0.05, 0) is 43.2 Å². The summed E-state index contributed by atoms with van der Waals surface area (Å²) in [6.07, 6.45) is 0.639. The Morgan fingerprint density at radius 1 is 1.06 bits per heavy atom. The van der Waals surface area contributed by atoms with Gasteiger partial charge in [-0.15, -0.1) is 0 Å². The van der Waals surface area contributed by atoms with Gasteiger partial charge in [0.25, 0.3) is 17.7 Å². The topological polar surface area (TPSA) is 86.8 Å². The molecule has 7 nitrogen and oxygen atoms in total. The van der Waals surface area contributed by atoms with E-state index in [2.05, 4.69) is 5.32 Å². The first kappa shape index (κ1) is 22.3. The van der Waals surface area contributed by atoms with E-state index in [-0.39, 0.29) is 54.2 Å². The highest BCUT2D eigenvalue weighted by atomic mass is 32.2. The summed E-state index contributed by atoms with van der Waals surface area (Å²) in [4.78, 5) is 55.0. The number of hydrogen-bond donors (Lipinski definition) is 1. The highest BCUT2D eigenvalue weighted by molar-refractivity contribution is 8.09. The molecule has 5 rings (SSSR count). The second-order valence-corrected chi connectivity index (χ2v) is 9.90. The first-order valence-electron chi connectivity index (χ1n) is 11.0. The molecule has 2 aromatic rings. The van der Waals surface area contributed by atoms with Gasteiger partial charge in [-0.3, -0.25) is 24.1 Å². The maximum Gasteiger partial charge on any atom is 0.271 e. The zero-order chi connectivity index (χ0) is 24.0. The van der Waals surface area contributed by atoms with Crippen LogP contribution in [0.3, 0.4) is 0 Å². The van der Waals surface area contributed by atoms with Crippen molar-refractivity contribution in [3.05, 3.63) is 76.7 Å². The molecular formula is C25H22FN3O4S. The summed E-state index contributed by atoms with van der Waals surface area (Å²) in [5, 5.41) is 3.08. The number of nitrogens with zero attached hydrogens (tertiary/aromatic N) is 2. The van der Waals surface area contributed by atoms with Crippen molar-refractivity contribution < 1.29 is 23.6 Å². The zero-order valence-corrected chi connectivity index (χ0v) is 19.2. The van der Waals surface area contributed by atoms with E-state index in [0.717, 1.165) is 0 Å². The fourth-order valence-electron chi connectivity index (χ4n) is 4.57. The van der Waals surface area contributed by atoms with Gasteiger partial charge in [0, 0.05) is 17.9 Å². The molecule has 3 aliphatic heterocycles. The van der Waals surface area contributed by atoms with Crippen molar-refractivity contribution in [2.24, 2.45) is 0 Å². The van der Waals surface area contributed by atoms with Gasteiger partial charge in [-0.25, -0.2) is 4.39 Å². The molecule has 1 N–H and O–H groups in total. The smallest absolute Gasteiger partial charge is 0.271 e. The molecule has 0 bridgehead atoms. The number of rotatable bonds is 4. The third kappa shape index (κ3) is 3.90. The minimum Gasteiger partial charge on any atom is -0.368 e. The van der Waals surface area contributed by atoms with Gasteiger partial charge >= 0.3 is 0 Å². The number of carbonyl (C=O) groups is 4. The summed E-state index contributed by atoms with van der Waals surface area (Å²) in [6.45, 7) is 1.84. The molecule has 174 valence electrons. The number of likely N-dealkylation sites (tertiary alicyclic amines) is 1. The number of benzene rings is 2. The number of piperidine rings is 1. The van der Waals surface area contributed by atoms with Crippen LogP contribution < -0.4 is 5.32 Å². The van der Waals surface area contributed by atoms with E-state index in [1.165, 1.54) is 33.7 Å². The maximum atomic E-state index is 13.7. The van der Waals surface area contributed by atoms with E-state index < -0.39 is 6.04 Å². The Morgan fingerprint density at radius 2 is 1.71 bits per heavy atom. The first-order valence-corrected chi connectivity index (χ1v) is 11.9. The van der Waals surface area contributed by atoms with E-state index in [1.807, 2.05) is 6.92 Å². The van der Waals surface area contributed by atoms with Crippen LogP contribution in [0, 0.1) is 5.82 Å². The fourth-order valence-corrected chi connectivity index (χ4v) is 5.64. The number of amides is 3. The maximum absolute atomic E-state index is 13.7. The number of imide groups is 1. The van der Waals surface area contributed by atoms with Crippen LogP contribution in [-0.4, -0.2) is 57.8 Å². The number of halogens is 1. The molecule has 3 amide bonds. The Labute approximate surface area is 200 Å². The standard InChI is InChI=1S/C25H22FN3O4S/c1-14-27-21(22(34-14)15-6-8-16(26)9-7-15)25(33)28-13-18(30)11-10-17(28)12-29-23(31)19-4-2-3-5-20(19)24(29)32/h2-9,14,17,27H,10-13H2,1H3. The Morgan fingerprint density at radius 3 is 2.35 bits per heavy atom. The van der Waals surface area contributed by atoms with E-state index in [9.17, 15) is 23.6 Å². The molecule has 2 aromatic carbocycles. The Bertz CT molecular complexity index is 1210. The predicted molar refractivity (Wildman–Crippen MR) is 125 cm³/mol. The SMILES string of the molecule is CC1NC(C(=O)N2CC(=O)CCC2CN2C(=O)c3ccccc3C2=O)=C(c2ccc(F)cc2)S1. The van der Waals surface area contributed by atoms with E-state index in [1.54, 1.807) is 36.4 Å². The number of Topliss-reactive ketones (excluding diaryl/α,β-unsaturated/α-hetero) is 1. The molecule has 3 heterocycles. The average Bonchev–Trinajstić information content (AvgIpc) is 3.33. The summed E-state index contributed by atoms with van der Waals surface area (Å²) in [6, 6.07) is 12.1. The molecule has 1 fully saturated rings. The van der Waals surface area contributed by atoms with Crippen molar-refractivity contribution in [2.75, 3.05) is 13.1 Å². The second-order valence-electron chi connectivity index (χ2n) is 8.55. The van der Waals surface area contributed by atoms with Crippen molar-refractivity contribution in [3.63, 3.8) is 0 Å². The van der Waals surface area contributed by atoms with Crippen LogP contribution in [0.1, 0.15) is 46.0 Å². The number of thioether (sulfide) groups is 1. The lowest BCUT2D eigenvalue weighted by atomic mass is 9.99. The van der Waals surface area contributed by atoms with Gasteiger partial charge in [0.15, 0.2) is 5.78 Å². The van der Waals surface area contributed by atoms with Crippen LogP contribution in [0.4, 0.5) is 4.39 Å². The highest BCUT2D eigenvalue weighted by Crippen LogP contribution is 2.39. The summed E-state index contributed by atoms with van der Waals surface area (Å²) >= 11 is 1.45. The molecule has 0 saturated carbocycles. The van der Waals surface area contributed by atoms with Crippen LogP contribution in [0.15, 0.2) is 54.2 Å². The quantitative estimate of drug-likeness (QED) is 0.679. The number of ketones is 1. The largest absolute Gasteiger partial charge is 0.368 e. The third-order valence-electron chi connectivity index (χ3n) is 6.27. The van der Waals surface area contributed by atoms with Crippen molar-refractivity contribution in [1.82, 2.24) is 15.1 Å².